The van der Waals surface area contributed by atoms with Crippen molar-refractivity contribution in [2.24, 2.45) is 5.92 Å². The van der Waals surface area contributed by atoms with Crippen molar-refractivity contribution in [1.29, 1.82) is 0 Å². The number of benzene rings is 1. The molecule has 3 nitrogen and oxygen atoms in total. The Morgan fingerprint density at radius 3 is 2.39 bits per heavy atom. The van der Waals surface area contributed by atoms with Gasteiger partial charge in [0.05, 0.1) is 0 Å². The molecule has 1 aromatic rings. The van der Waals surface area contributed by atoms with E-state index in [0.29, 0.717) is 5.56 Å². The SMILES string of the molecule is O=C(OI)C(O)(c1ccccc1)C1CCCCC1. The lowest BCUT2D eigenvalue weighted by atomic mass is 9.73. The summed E-state index contributed by atoms with van der Waals surface area (Å²) in [4.78, 5) is 12.1. The molecule has 18 heavy (non-hydrogen) atoms. The quantitative estimate of drug-likeness (QED) is 0.841. The number of aliphatic hydroxyl groups is 1. The molecule has 98 valence electrons. The van der Waals surface area contributed by atoms with E-state index in [2.05, 4.69) is 0 Å². The molecule has 0 amide bonds. The van der Waals surface area contributed by atoms with Gasteiger partial charge in [0.1, 0.15) is 0 Å². The van der Waals surface area contributed by atoms with Crippen molar-refractivity contribution in [2.75, 3.05) is 0 Å². The summed E-state index contributed by atoms with van der Waals surface area (Å²) in [6, 6.07) is 9.14. The van der Waals surface area contributed by atoms with Crippen molar-refractivity contribution in [3.63, 3.8) is 0 Å². The maximum atomic E-state index is 12.1. The fourth-order valence-electron chi connectivity index (χ4n) is 2.79. The van der Waals surface area contributed by atoms with E-state index >= 15 is 0 Å². The van der Waals surface area contributed by atoms with E-state index in [-0.39, 0.29) is 5.92 Å². The van der Waals surface area contributed by atoms with Crippen LogP contribution in [0.15, 0.2) is 30.3 Å². The highest BCUT2D eigenvalue weighted by atomic mass is 127. The maximum Gasteiger partial charge on any atom is 0.352 e. The Bertz CT molecular complexity index is 401. The van der Waals surface area contributed by atoms with Gasteiger partial charge < -0.3 is 8.17 Å². The van der Waals surface area contributed by atoms with E-state index in [9.17, 15) is 9.90 Å². The van der Waals surface area contributed by atoms with Crippen LogP contribution < -0.4 is 0 Å². The lowest BCUT2D eigenvalue weighted by molar-refractivity contribution is -0.161. The zero-order chi connectivity index (χ0) is 13.0. The van der Waals surface area contributed by atoms with Gasteiger partial charge in [-0.15, -0.1) is 0 Å². The Kier molecular flexibility index (Phi) is 4.61. The van der Waals surface area contributed by atoms with E-state index in [0.717, 1.165) is 25.7 Å². The number of rotatable bonds is 3. The standard InChI is InChI=1S/C14H17IO3/c15-18-13(16)14(17,11-7-3-1-4-8-11)12-9-5-2-6-10-12/h1,3-4,7-8,12,17H,2,5-6,9-10H2. The van der Waals surface area contributed by atoms with Crippen LogP contribution in [0.25, 0.3) is 0 Å². The first kappa shape index (κ1) is 13.8. The number of carbonyl (C=O) groups excluding carboxylic acids is 1. The zero-order valence-corrected chi connectivity index (χ0v) is 12.3. The summed E-state index contributed by atoms with van der Waals surface area (Å²) in [5, 5.41) is 10.9. The first-order chi connectivity index (χ1) is 8.69. The van der Waals surface area contributed by atoms with Crippen LogP contribution >= 0.6 is 23.0 Å². The van der Waals surface area contributed by atoms with Crippen molar-refractivity contribution in [1.82, 2.24) is 0 Å². The van der Waals surface area contributed by atoms with E-state index < -0.39 is 11.6 Å². The molecule has 0 spiro atoms. The average molecular weight is 360 g/mol. The molecule has 0 radical (unpaired) electrons. The summed E-state index contributed by atoms with van der Waals surface area (Å²) in [5.74, 6) is -0.600. The Morgan fingerprint density at radius 2 is 1.83 bits per heavy atom. The summed E-state index contributed by atoms with van der Waals surface area (Å²) in [7, 11) is 0. The Morgan fingerprint density at radius 1 is 1.22 bits per heavy atom. The van der Waals surface area contributed by atoms with Crippen molar-refractivity contribution in [3.05, 3.63) is 35.9 Å². The first-order valence-electron chi connectivity index (χ1n) is 6.30. The number of hydrogen-bond acceptors (Lipinski definition) is 3. The van der Waals surface area contributed by atoms with E-state index in [1.54, 1.807) is 35.1 Å². The summed E-state index contributed by atoms with van der Waals surface area (Å²) in [6.07, 6.45) is 5.05. The number of hydrogen-bond donors (Lipinski definition) is 1. The van der Waals surface area contributed by atoms with Crippen molar-refractivity contribution >= 4 is 29.0 Å². The van der Waals surface area contributed by atoms with Crippen LogP contribution in [0, 0.1) is 5.92 Å². The second-order valence-corrected chi connectivity index (χ2v) is 5.27. The number of carbonyl (C=O) groups is 1. The fraction of sp³-hybridized carbons (Fsp3) is 0.500. The van der Waals surface area contributed by atoms with Crippen LogP contribution in [0.5, 0.6) is 0 Å². The minimum absolute atomic E-state index is 0.0454. The van der Waals surface area contributed by atoms with Gasteiger partial charge in [-0.2, -0.15) is 0 Å². The monoisotopic (exact) mass is 360 g/mol. The summed E-state index contributed by atoms with van der Waals surface area (Å²) in [6.45, 7) is 0. The van der Waals surface area contributed by atoms with Gasteiger partial charge in [0.15, 0.2) is 28.6 Å². The van der Waals surface area contributed by atoms with Crippen molar-refractivity contribution < 1.29 is 13.0 Å². The molecule has 2 rings (SSSR count). The molecule has 1 unspecified atom stereocenters. The Labute approximate surface area is 121 Å². The lowest BCUT2D eigenvalue weighted by Crippen LogP contribution is -2.44. The van der Waals surface area contributed by atoms with Gasteiger partial charge in [0.25, 0.3) is 0 Å². The third kappa shape index (κ3) is 2.54. The normalized spacial score (nSPS) is 20.1. The Hall–Kier alpha value is -0.620. The topological polar surface area (TPSA) is 46.5 Å². The molecule has 0 aromatic heterocycles. The van der Waals surface area contributed by atoms with Gasteiger partial charge >= 0.3 is 5.97 Å². The predicted octanol–water partition coefficient (Wildman–Crippen LogP) is 3.35. The number of halogens is 1. The lowest BCUT2D eigenvalue weighted by Gasteiger charge is -2.36. The molecule has 1 fully saturated rings. The van der Waals surface area contributed by atoms with Crippen molar-refractivity contribution in [3.8, 4) is 0 Å². The summed E-state index contributed by atoms with van der Waals surface area (Å²) in [5.41, 5.74) is -0.860. The van der Waals surface area contributed by atoms with Crippen LogP contribution in [-0.2, 0) is 13.5 Å². The molecule has 1 N–H and O–H groups in total. The molecule has 1 aromatic carbocycles. The predicted molar refractivity (Wildman–Crippen MR) is 77.0 cm³/mol. The molecule has 1 saturated carbocycles. The maximum absolute atomic E-state index is 12.1. The average Bonchev–Trinajstić information content (AvgIpc) is 2.47. The van der Waals surface area contributed by atoms with Crippen LogP contribution in [0.1, 0.15) is 37.7 Å². The van der Waals surface area contributed by atoms with Crippen LogP contribution in [0.4, 0.5) is 0 Å². The van der Waals surface area contributed by atoms with Gasteiger partial charge in [0, 0.05) is 5.92 Å². The molecule has 1 aliphatic carbocycles. The minimum Gasteiger partial charge on any atom is -0.392 e. The van der Waals surface area contributed by atoms with Crippen LogP contribution in [0.2, 0.25) is 0 Å². The van der Waals surface area contributed by atoms with Crippen molar-refractivity contribution in [2.45, 2.75) is 37.7 Å². The van der Waals surface area contributed by atoms with Gasteiger partial charge in [-0.3, -0.25) is 0 Å². The van der Waals surface area contributed by atoms with Crippen LogP contribution in [-0.4, -0.2) is 11.1 Å². The summed E-state index contributed by atoms with van der Waals surface area (Å²) < 4.78 is 4.80. The van der Waals surface area contributed by atoms with Crippen LogP contribution in [0.3, 0.4) is 0 Å². The largest absolute Gasteiger partial charge is 0.392 e. The second kappa shape index (κ2) is 6.02. The van der Waals surface area contributed by atoms with Gasteiger partial charge in [-0.25, -0.2) is 4.79 Å². The highest BCUT2D eigenvalue weighted by molar-refractivity contribution is 14.1. The molecule has 1 atom stereocenters. The zero-order valence-electron chi connectivity index (χ0n) is 10.1. The third-order valence-electron chi connectivity index (χ3n) is 3.79. The van der Waals surface area contributed by atoms with Gasteiger partial charge in [0.2, 0.25) is 0 Å². The molecule has 0 aliphatic heterocycles. The second-order valence-electron chi connectivity index (χ2n) is 4.83. The third-order valence-corrected chi connectivity index (χ3v) is 4.19. The smallest absolute Gasteiger partial charge is 0.352 e. The Balaban J connectivity index is 2.36. The fourth-order valence-corrected chi connectivity index (χ4v) is 3.13. The summed E-state index contributed by atoms with van der Waals surface area (Å²) >= 11 is 1.55. The van der Waals surface area contributed by atoms with Gasteiger partial charge in [-0.05, 0) is 18.4 Å². The molecular weight excluding hydrogens is 343 g/mol. The highest BCUT2D eigenvalue weighted by Crippen LogP contribution is 2.40. The highest BCUT2D eigenvalue weighted by Gasteiger charge is 2.46. The molecule has 1 aliphatic rings. The van der Waals surface area contributed by atoms with E-state index in [4.69, 9.17) is 3.07 Å². The van der Waals surface area contributed by atoms with E-state index in [1.807, 2.05) is 18.2 Å². The molecule has 0 saturated heterocycles. The molecule has 4 heteroatoms. The molecular formula is C14H17IO3. The molecule has 0 bridgehead atoms. The van der Waals surface area contributed by atoms with E-state index in [1.165, 1.54) is 6.42 Å². The minimum atomic E-state index is -1.50. The molecule has 0 heterocycles. The first-order valence-corrected chi connectivity index (χ1v) is 7.18. The van der Waals surface area contributed by atoms with Gasteiger partial charge in [-0.1, -0.05) is 49.6 Å².